The molecule has 5 nitrogen and oxygen atoms in total. The van der Waals surface area contributed by atoms with Crippen LogP contribution < -0.4 is 16.0 Å². The number of nitrogens with two attached hydrogens (primary N) is 1. The Morgan fingerprint density at radius 1 is 1.20 bits per heavy atom. The zero-order valence-electron chi connectivity index (χ0n) is 11.1. The summed E-state index contributed by atoms with van der Waals surface area (Å²) in [6, 6.07) is 13.1. The molecule has 20 heavy (non-hydrogen) atoms. The number of pyridine rings is 1. The van der Waals surface area contributed by atoms with E-state index in [4.69, 9.17) is 15.9 Å². The molecule has 0 fully saturated rings. The van der Waals surface area contributed by atoms with Crippen LogP contribution in [0.2, 0.25) is 0 Å². The Hall–Kier alpha value is -2.56. The molecule has 0 amide bonds. The van der Waals surface area contributed by atoms with Gasteiger partial charge in [-0.15, -0.1) is 0 Å². The topological polar surface area (TPSA) is 81.1 Å². The Morgan fingerprint density at radius 3 is 2.65 bits per heavy atom. The van der Waals surface area contributed by atoms with Gasteiger partial charge in [-0.2, -0.15) is 0 Å². The van der Waals surface area contributed by atoms with Gasteiger partial charge in [0, 0.05) is 19.2 Å². The lowest BCUT2D eigenvalue weighted by Crippen LogP contribution is -2.23. The maximum Gasteiger partial charge on any atom is 0.292 e. The van der Waals surface area contributed by atoms with Gasteiger partial charge < -0.3 is 15.0 Å². The molecule has 3 N–H and O–H groups in total. The summed E-state index contributed by atoms with van der Waals surface area (Å²) in [4.78, 5) is 12.1. The van der Waals surface area contributed by atoms with Gasteiger partial charge in [-0.1, -0.05) is 30.3 Å². The van der Waals surface area contributed by atoms with Crippen molar-refractivity contribution in [3.63, 3.8) is 0 Å². The fourth-order valence-corrected chi connectivity index (χ4v) is 1.78. The summed E-state index contributed by atoms with van der Waals surface area (Å²) in [6.45, 7) is 0.740. The number of ether oxygens (including phenoxy) is 1. The van der Waals surface area contributed by atoms with Crippen molar-refractivity contribution in [3.05, 3.63) is 64.6 Å². The molecule has 0 saturated carbocycles. The lowest BCUT2D eigenvalue weighted by Gasteiger charge is -2.09. The second-order valence-corrected chi connectivity index (χ2v) is 4.42. The second kappa shape index (κ2) is 6.56. The summed E-state index contributed by atoms with van der Waals surface area (Å²) >= 11 is 0. The monoisotopic (exact) mass is 271 g/mol. The fourth-order valence-electron chi connectivity index (χ4n) is 1.78. The number of rotatable bonds is 6. The normalized spacial score (nSPS) is 10.2. The predicted octanol–water partition coefficient (Wildman–Crippen LogP) is 1.75. The van der Waals surface area contributed by atoms with Crippen LogP contribution in [-0.2, 0) is 13.2 Å². The van der Waals surface area contributed by atoms with Crippen LogP contribution in [0.1, 0.15) is 12.0 Å². The number of nitrogens with one attached hydrogen (secondary N) is 1. The minimum absolute atomic E-state index is 0.0625. The largest absolute Gasteiger partial charge is 0.483 e. The van der Waals surface area contributed by atoms with E-state index in [1.54, 1.807) is 18.3 Å². The van der Waals surface area contributed by atoms with Crippen LogP contribution in [0.5, 0.6) is 5.75 Å². The van der Waals surface area contributed by atoms with Gasteiger partial charge in [0.05, 0.1) is 5.84 Å². The summed E-state index contributed by atoms with van der Waals surface area (Å²) in [7, 11) is 0. The van der Waals surface area contributed by atoms with Crippen molar-refractivity contribution in [2.45, 2.75) is 19.6 Å². The van der Waals surface area contributed by atoms with Crippen molar-refractivity contribution >= 4 is 5.84 Å². The first-order valence-electron chi connectivity index (χ1n) is 6.36. The van der Waals surface area contributed by atoms with E-state index in [9.17, 15) is 4.79 Å². The van der Waals surface area contributed by atoms with Gasteiger partial charge in [-0.25, -0.2) is 0 Å². The molecule has 0 aliphatic rings. The van der Waals surface area contributed by atoms with E-state index in [0.29, 0.717) is 25.3 Å². The molecular weight excluding hydrogens is 254 g/mol. The van der Waals surface area contributed by atoms with Gasteiger partial charge in [0.1, 0.15) is 6.61 Å². The van der Waals surface area contributed by atoms with Gasteiger partial charge in [0.25, 0.3) is 5.56 Å². The fraction of sp³-hybridized carbons (Fsp3) is 0.200. The summed E-state index contributed by atoms with van der Waals surface area (Å²) in [6.07, 6.45) is 2.02. The smallest absolute Gasteiger partial charge is 0.292 e. The van der Waals surface area contributed by atoms with Gasteiger partial charge >= 0.3 is 0 Å². The number of benzene rings is 1. The number of nitrogens with zero attached hydrogens (tertiary/aromatic N) is 1. The molecule has 0 aliphatic carbocycles. The average Bonchev–Trinajstić information content (AvgIpc) is 2.46. The molecule has 0 radical (unpaired) electrons. The third kappa shape index (κ3) is 3.71. The van der Waals surface area contributed by atoms with E-state index in [2.05, 4.69) is 0 Å². The highest BCUT2D eigenvalue weighted by Gasteiger charge is 2.05. The molecule has 0 aliphatic heterocycles. The van der Waals surface area contributed by atoms with E-state index in [-0.39, 0.29) is 11.4 Å². The summed E-state index contributed by atoms with van der Waals surface area (Å²) in [5.74, 6) is 0.368. The van der Waals surface area contributed by atoms with Crippen molar-refractivity contribution in [2.75, 3.05) is 0 Å². The second-order valence-electron chi connectivity index (χ2n) is 4.42. The van der Waals surface area contributed by atoms with E-state index in [1.807, 2.05) is 30.3 Å². The SMILES string of the molecule is N=C(N)CCn1cccc(OCc2ccccc2)c1=O. The molecule has 0 atom stereocenters. The first-order valence-corrected chi connectivity index (χ1v) is 6.36. The molecule has 0 bridgehead atoms. The first-order chi connectivity index (χ1) is 9.66. The van der Waals surface area contributed by atoms with E-state index < -0.39 is 0 Å². The summed E-state index contributed by atoms with van der Waals surface area (Å²) < 4.78 is 7.05. The molecule has 2 rings (SSSR count). The van der Waals surface area contributed by atoms with Crippen molar-refractivity contribution in [3.8, 4) is 5.75 Å². The van der Waals surface area contributed by atoms with E-state index in [0.717, 1.165) is 5.56 Å². The Labute approximate surface area is 117 Å². The van der Waals surface area contributed by atoms with Gasteiger partial charge in [0.15, 0.2) is 5.75 Å². The molecule has 104 valence electrons. The van der Waals surface area contributed by atoms with Crippen molar-refractivity contribution in [1.29, 1.82) is 5.41 Å². The molecule has 0 saturated heterocycles. The zero-order valence-corrected chi connectivity index (χ0v) is 11.1. The Morgan fingerprint density at radius 2 is 1.95 bits per heavy atom. The quantitative estimate of drug-likeness (QED) is 0.620. The van der Waals surface area contributed by atoms with E-state index >= 15 is 0 Å². The molecule has 1 aromatic carbocycles. The number of hydrogen-bond donors (Lipinski definition) is 2. The third-order valence-electron chi connectivity index (χ3n) is 2.84. The van der Waals surface area contributed by atoms with Crippen LogP contribution >= 0.6 is 0 Å². The van der Waals surface area contributed by atoms with Crippen LogP contribution in [0.4, 0.5) is 0 Å². The average molecular weight is 271 g/mol. The standard InChI is InChI=1S/C15H17N3O2/c16-14(17)8-10-18-9-4-7-13(15(18)19)20-11-12-5-2-1-3-6-12/h1-7,9H,8,10-11H2,(H3,16,17). The third-order valence-corrected chi connectivity index (χ3v) is 2.84. The van der Waals surface area contributed by atoms with Crippen LogP contribution in [0, 0.1) is 5.41 Å². The lowest BCUT2D eigenvalue weighted by atomic mass is 10.2. The maximum atomic E-state index is 12.1. The zero-order chi connectivity index (χ0) is 14.4. The molecule has 0 unspecified atom stereocenters. The van der Waals surface area contributed by atoms with Crippen LogP contribution in [-0.4, -0.2) is 10.4 Å². The van der Waals surface area contributed by atoms with Crippen LogP contribution in [0.15, 0.2) is 53.5 Å². The Kier molecular flexibility index (Phi) is 4.55. The first kappa shape index (κ1) is 13.9. The highest BCUT2D eigenvalue weighted by Crippen LogP contribution is 2.07. The van der Waals surface area contributed by atoms with E-state index in [1.165, 1.54) is 4.57 Å². The lowest BCUT2D eigenvalue weighted by molar-refractivity contribution is 0.299. The number of aromatic nitrogens is 1. The van der Waals surface area contributed by atoms with Gasteiger partial charge in [-0.05, 0) is 17.7 Å². The van der Waals surface area contributed by atoms with Crippen molar-refractivity contribution < 1.29 is 4.74 Å². The molecule has 0 spiro atoms. The number of hydrogen-bond acceptors (Lipinski definition) is 3. The molecule has 5 heteroatoms. The maximum absolute atomic E-state index is 12.1. The van der Waals surface area contributed by atoms with Gasteiger partial charge in [0.2, 0.25) is 0 Å². The van der Waals surface area contributed by atoms with Crippen molar-refractivity contribution in [2.24, 2.45) is 5.73 Å². The van der Waals surface area contributed by atoms with Crippen LogP contribution in [0.25, 0.3) is 0 Å². The number of amidine groups is 1. The molecule has 2 aromatic rings. The summed E-state index contributed by atoms with van der Waals surface area (Å²) in [5.41, 5.74) is 6.10. The van der Waals surface area contributed by atoms with Gasteiger partial charge in [-0.3, -0.25) is 10.2 Å². The Balaban J connectivity index is 2.07. The highest BCUT2D eigenvalue weighted by atomic mass is 16.5. The number of aryl methyl sites for hydroxylation is 1. The Bertz CT molecular complexity index is 635. The molecule has 1 aromatic heterocycles. The minimum atomic E-state index is -0.204. The van der Waals surface area contributed by atoms with Crippen molar-refractivity contribution in [1.82, 2.24) is 4.57 Å². The highest BCUT2D eigenvalue weighted by molar-refractivity contribution is 5.76. The molecular formula is C15H17N3O2. The van der Waals surface area contributed by atoms with Crippen LogP contribution in [0.3, 0.4) is 0 Å². The summed E-state index contributed by atoms with van der Waals surface area (Å²) in [5, 5.41) is 7.19. The predicted molar refractivity (Wildman–Crippen MR) is 78.0 cm³/mol. The molecule has 1 heterocycles. The minimum Gasteiger partial charge on any atom is -0.483 e.